The van der Waals surface area contributed by atoms with E-state index in [9.17, 15) is 31.1 Å². The lowest BCUT2D eigenvalue weighted by molar-refractivity contribution is -0.00832. The summed E-state index contributed by atoms with van der Waals surface area (Å²) in [7, 11) is -6.37. The van der Waals surface area contributed by atoms with Crippen LogP contribution in [0.4, 0.5) is 10.1 Å². The van der Waals surface area contributed by atoms with Crippen molar-refractivity contribution in [2.75, 3.05) is 38.1 Å². The molecule has 0 fully saturated rings. The first kappa shape index (κ1) is 36.8. The minimum atomic E-state index is -4.12. The lowest BCUT2D eigenvalue weighted by atomic mass is 10.0. The van der Waals surface area contributed by atoms with Gasteiger partial charge in [0.1, 0.15) is 15.8 Å². The predicted molar refractivity (Wildman–Crippen MR) is 178 cm³/mol. The summed E-state index contributed by atoms with van der Waals surface area (Å²) < 4.78 is 82.4. The number of rotatable bonds is 9. The van der Waals surface area contributed by atoms with Crippen molar-refractivity contribution in [3.05, 3.63) is 71.4 Å². The minimum Gasteiger partial charge on any atom is -0.490 e. The van der Waals surface area contributed by atoms with Gasteiger partial charge in [-0.25, -0.2) is 21.2 Å². The van der Waals surface area contributed by atoms with E-state index in [2.05, 4.69) is 4.72 Å². The number of amides is 1. The Morgan fingerprint density at radius 1 is 1.11 bits per heavy atom. The number of ether oxygens (including phenoxy) is 2. The van der Waals surface area contributed by atoms with E-state index in [-0.39, 0.29) is 57.8 Å². The Balaban J connectivity index is 1.68. The summed E-state index contributed by atoms with van der Waals surface area (Å²) in [6.07, 6.45) is 1.20. The van der Waals surface area contributed by atoms with E-state index >= 15 is 0 Å². The van der Waals surface area contributed by atoms with Crippen LogP contribution in [-0.2, 0) is 24.8 Å². The van der Waals surface area contributed by atoms with E-state index in [0.717, 1.165) is 42.0 Å². The van der Waals surface area contributed by atoms with Crippen LogP contribution in [0, 0.1) is 11.7 Å². The molecule has 0 saturated carbocycles. The largest absolute Gasteiger partial charge is 0.490 e. The smallest absolute Gasteiger partial charge is 0.261 e. The number of nitrogens with one attached hydrogen (secondary N) is 1. The van der Waals surface area contributed by atoms with Crippen molar-refractivity contribution < 1.29 is 40.6 Å². The molecular weight excluding hydrogens is 670 g/mol. The molecule has 4 atom stereocenters. The zero-order valence-electron chi connectivity index (χ0n) is 26.8. The summed E-state index contributed by atoms with van der Waals surface area (Å²) >= 11 is 1.13. The highest BCUT2D eigenvalue weighted by atomic mass is 32.2. The Morgan fingerprint density at radius 2 is 1.83 bits per heavy atom. The first-order chi connectivity index (χ1) is 22.2. The maximum atomic E-state index is 14.3. The molecule has 0 unspecified atom stereocenters. The maximum Gasteiger partial charge on any atom is 0.261 e. The van der Waals surface area contributed by atoms with E-state index in [1.165, 1.54) is 34.5 Å². The van der Waals surface area contributed by atoms with Crippen molar-refractivity contribution in [2.24, 2.45) is 5.92 Å². The lowest BCUT2D eigenvalue weighted by Gasteiger charge is -2.35. The van der Waals surface area contributed by atoms with E-state index in [4.69, 9.17) is 9.47 Å². The number of benzene rings is 2. The van der Waals surface area contributed by atoms with Gasteiger partial charge in [0.05, 0.1) is 35.3 Å². The number of hydrogen-bond donors (Lipinski definition) is 2. The molecule has 2 aromatic carbocycles. The number of aliphatic hydroxyl groups excluding tert-OH is 1. The van der Waals surface area contributed by atoms with Crippen molar-refractivity contribution >= 4 is 43.0 Å². The topological polar surface area (TPSA) is 143 Å². The van der Waals surface area contributed by atoms with Crippen LogP contribution in [0.3, 0.4) is 0 Å². The Kier molecular flexibility index (Phi) is 12.4. The van der Waals surface area contributed by atoms with Crippen LogP contribution in [0.5, 0.6) is 5.75 Å². The number of likely N-dealkylation sites (N-methyl/N-ethyl adjacent to an activating group) is 1. The van der Waals surface area contributed by atoms with Crippen LogP contribution in [0.1, 0.15) is 50.4 Å². The summed E-state index contributed by atoms with van der Waals surface area (Å²) in [5.74, 6) is -1.22. The Morgan fingerprint density at radius 3 is 2.49 bits per heavy atom. The first-order valence-corrected chi connectivity index (χ1v) is 19.2. The molecule has 1 aliphatic rings. The van der Waals surface area contributed by atoms with Crippen LogP contribution >= 0.6 is 11.3 Å². The number of nitrogens with zero attached hydrogens (tertiary/aromatic N) is 2. The van der Waals surface area contributed by atoms with Gasteiger partial charge >= 0.3 is 0 Å². The molecule has 1 amide bonds. The number of hydrogen-bond acceptors (Lipinski definition) is 9. The zero-order chi connectivity index (χ0) is 34.4. The van der Waals surface area contributed by atoms with Gasteiger partial charge in [0.25, 0.3) is 26.0 Å². The third-order valence-corrected chi connectivity index (χ3v) is 12.6. The van der Waals surface area contributed by atoms with Gasteiger partial charge in [-0.3, -0.25) is 9.52 Å². The molecule has 1 aliphatic heterocycles. The molecule has 0 saturated heterocycles. The number of fused-ring (bicyclic) bond motifs is 1. The third kappa shape index (κ3) is 9.30. The molecule has 0 bridgehead atoms. The van der Waals surface area contributed by atoms with Crippen LogP contribution in [0.2, 0.25) is 0 Å². The SMILES string of the molecule is C[C@@H]1CN([C@@H](C)CO)C(=O)c2cc(NS(=O)(=O)c3ccc(F)cc3)ccc2O[C@@H](C)CCCCO[C@@H]1CN(C)S(=O)(=O)c1cccs1. The van der Waals surface area contributed by atoms with Gasteiger partial charge in [-0.15, -0.1) is 11.3 Å². The summed E-state index contributed by atoms with van der Waals surface area (Å²) in [5, 5.41) is 11.9. The number of anilines is 1. The quantitative estimate of drug-likeness (QED) is 0.322. The second kappa shape index (κ2) is 15.9. The van der Waals surface area contributed by atoms with E-state index in [1.807, 2.05) is 13.8 Å². The van der Waals surface area contributed by atoms with E-state index in [0.29, 0.717) is 19.4 Å². The fraction of sp³-hybridized carbons (Fsp3) is 0.469. The Labute approximate surface area is 280 Å². The summed E-state index contributed by atoms with van der Waals surface area (Å²) in [4.78, 5) is 15.6. The molecular formula is C32H42FN3O8S3. The molecule has 3 aromatic rings. The van der Waals surface area contributed by atoms with Crippen LogP contribution in [0.15, 0.2) is 69.1 Å². The summed E-state index contributed by atoms with van der Waals surface area (Å²) in [5.41, 5.74) is 0.167. The highest BCUT2D eigenvalue weighted by molar-refractivity contribution is 7.92. The molecule has 2 N–H and O–H groups in total. The number of carbonyl (C=O) groups excluding carboxylic acids is 1. The third-order valence-electron chi connectivity index (χ3n) is 8.02. The average Bonchev–Trinajstić information content (AvgIpc) is 3.59. The highest BCUT2D eigenvalue weighted by Crippen LogP contribution is 2.30. The molecule has 0 aliphatic carbocycles. The van der Waals surface area contributed by atoms with Crippen molar-refractivity contribution in [3.8, 4) is 5.75 Å². The molecule has 15 heteroatoms. The number of thiophene rings is 1. The van der Waals surface area contributed by atoms with Crippen LogP contribution < -0.4 is 9.46 Å². The van der Waals surface area contributed by atoms with E-state index < -0.39 is 43.9 Å². The van der Waals surface area contributed by atoms with Gasteiger partial charge in [0.2, 0.25) is 0 Å². The predicted octanol–water partition coefficient (Wildman–Crippen LogP) is 4.80. The summed E-state index contributed by atoms with van der Waals surface area (Å²) in [6.45, 7) is 5.57. The molecule has 0 radical (unpaired) electrons. The maximum absolute atomic E-state index is 14.3. The van der Waals surface area contributed by atoms with Crippen molar-refractivity contribution in [1.29, 1.82) is 0 Å². The molecule has 0 spiro atoms. The highest BCUT2D eigenvalue weighted by Gasteiger charge is 2.33. The molecule has 258 valence electrons. The molecule has 47 heavy (non-hydrogen) atoms. The standard InChI is InChI=1S/C32H42FN3O8S3/c1-22-19-36(23(2)21-37)32(38)28-18-26(34-46(39,40)27-13-10-25(33)11-14-27)12-15-29(28)44-24(3)8-5-6-16-43-30(22)20-35(4)47(41,42)31-9-7-17-45-31/h7,9-15,17-18,22-24,30,34,37H,5-6,8,16,19-21H2,1-4H3/t22-,23+,24+,30-/m1/s1. The van der Waals surface area contributed by atoms with Crippen molar-refractivity contribution in [3.63, 3.8) is 0 Å². The van der Waals surface area contributed by atoms with E-state index in [1.54, 1.807) is 24.4 Å². The average molecular weight is 712 g/mol. The molecule has 2 heterocycles. The fourth-order valence-electron chi connectivity index (χ4n) is 5.19. The minimum absolute atomic E-state index is 0.0440. The first-order valence-electron chi connectivity index (χ1n) is 15.3. The van der Waals surface area contributed by atoms with Crippen LogP contribution in [0.25, 0.3) is 0 Å². The second-order valence-corrected chi connectivity index (χ2v) is 16.7. The molecule has 11 nitrogen and oxygen atoms in total. The van der Waals surface area contributed by atoms with Gasteiger partial charge < -0.3 is 19.5 Å². The zero-order valence-corrected chi connectivity index (χ0v) is 29.3. The number of carbonyl (C=O) groups is 1. The number of aliphatic hydroxyl groups is 1. The summed E-state index contributed by atoms with van der Waals surface area (Å²) in [6, 6.07) is 11.3. The van der Waals surface area contributed by atoms with Crippen molar-refractivity contribution in [2.45, 2.75) is 67.4 Å². The lowest BCUT2D eigenvalue weighted by Crippen LogP contribution is -2.48. The Bertz CT molecular complexity index is 1700. The van der Waals surface area contributed by atoms with Gasteiger partial charge in [-0.05, 0) is 87.0 Å². The normalized spacial score (nSPS) is 21.0. The van der Waals surface area contributed by atoms with Crippen LogP contribution in [-0.4, -0.2) is 88.7 Å². The molecule has 1 aromatic heterocycles. The van der Waals surface area contributed by atoms with Crippen molar-refractivity contribution in [1.82, 2.24) is 9.21 Å². The van der Waals surface area contributed by atoms with Gasteiger partial charge in [-0.1, -0.05) is 13.0 Å². The number of halogens is 1. The Hall–Kier alpha value is -3.08. The van der Waals surface area contributed by atoms with Gasteiger partial charge in [-0.2, -0.15) is 4.31 Å². The van der Waals surface area contributed by atoms with Gasteiger partial charge in [0, 0.05) is 38.3 Å². The fourth-order valence-corrected chi connectivity index (χ4v) is 8.63. The van der Waals surface area contributed by atoms with Gasteiger partial charge in [0.15, 0.2) is 0 Å². The second-order valence-electron chi connectivity index (χ2n) is 11.8. The molecule has 4 rings (SSSR count). The monoisotopic (exact) mass is 711 g/mol. The number of sulfonamides is 2.